The molecular weight excluding hydrogens is 366 g/mol. The highest BCUT2D eigenvalue weighted by Gasteiger charge is 2.36. The van der Waals surface area contributed by atoms with Gasteiger partial charge in [-0.1, -0.05) is 60.4 Å². The van der Waals surface area contributed by atoms with Gasteiger partial charge in [0.15, 0.2) is 0 Å². The monoisotopic (exact) mass is 387 g/mol. The normalized spacial score (nSPS) is 16.8. The molecule has 0 unspecified atom stereocenters. The zero-order valence-electron chi connectivity index (χ0n) is 14.8. The van der Waals surface area contributed by atoms with E-state index in [4.69, 9.17) is 21.7 Å². The van der Waals surface area contributed by atoms with Crippen LogP contribution in [0.15, 0.2) is 48.5 Å². The molecule has 2 aromatic rings. The third-order valence-corrected chi connectivity index (χ3v) is 5.96. The maximum Gasteiger partial charge on any atom is 0.241 e. The van der Waals surface area contributed by atoms with Crippen LogP contribution in [0.1, 0.15) is 11.1 Å². The maximum atomic E-state index is 12.8. The molecule has 0 spiro atoms. The van der Waals surface area contributed by atoms with Gasteiger partial charge in [-0.25, -0.2) is 0 Å². The number of thioether (sulfide) groups is 1. The van der Waals surface area contributed by atoms with Crippen LogP contribution < -0.4 is 9.47 Å². The lowest BCUT2D eigenvalue weighted by molar-refractivity contribution is -0.126. The lowest BCUT2D eigenvalue weighted by atomic mass is 10.1. The van der Waals surface area contributed by atoms with Crippen molar-refractivity contribution in [3.63, 3.8) is 0 Å². The van der Waals surface area contributed by atoms with Crippen LogP contribution in [0.2, 0.25) is 0 Å². The summed E-state index contributed by atoms with van der Waals surface area (Å²) in [6, 6.07) is 15.8. The Morgan fingerprint density at radius 2 is 1.88 bits per heavy atom. The van der Waals surface area contributed by atoms with E-state index < -0.39 is 0 Å². The first-order valence-corrected chi connectivity index (χ1v) is 9.68. The summed E-state index contributed by atoms with van der Waals surface area (Å²) in [4.78, 5) is 14.5. The van der Waals surface area contributed by atoms with Crippen molar-refractivity contribution in [1.29, 1.82) is 0 Å². The Hall–Kier alpha value is -2.05. The second-order valence-corrected chi connectivity index (χ2v) is 7.82. The summed E-state index contributed by atoms with van der Waals surface area (Å²) in [5.74, 6) is 1.54. The predicted octanol–water partition coefficient (Wildman–Crippen LogP) is 3.72. The van der Waals surface area contributed by atoms with Gasteiger partial charge in [-0.15, -0.1) is 0 Å². The Kier molecular flexibility index (Phi) is 6.16. The molecule has 4 nitrogen and oxygen atoms in total. The summed E-state index contributed by atoms with van der Waals surface area (Å²) in [7, 11) is 3.24. The van der Waals surface area contributed by atoms with Crippen LogP contribution in [0.4, 0.5) is 0 Å². The Morgan fingerprint density at radius 1 is 1.12 bits per heavy atom. The molecule has 0 aliphatic carbocycles. The van der Waals surface area contributed by atoms with E-state index in [0.717, 1.165) is 23.5 Å². The average Bonchev–Trinajstić information content (AvgIpc) is 2.94. The van der Waals surface area contributed by atoms with Crippen molar-refractivity contribution in [2.24, 2.45) is 0 Å². The fourth-order valence-corrected chi connectivity index (χ4v) is 4.51. The van der Waals surface area contributed by atoms with Gasteiger partial charge in [0.2, 0.25) is 5.91 Å². The van der Waals surface area contributed by atoms with Crippen molar-refractivity contribution in [1.82, 2.24) is 4.90 Å². The van der Waals surface area contributed by atoms with Crippen molar-refractivity contribution in [3.8, 4) is 11.5 Å². The Labute approximate surface area is 163 Å². The second-order valence-electron chi connectivity index (χ2n) is 5.98. The predicted molar refractivity (Wildman–Crippen MR) is 109 cm³/mol. The summed E-state index contributed by atoms with van der Waals surface area (Å²) in [6.07, 6.45) is 1.38. The minimum absolute atomic E-state index is 0.0776. The van der Waals surface area contributed by atoms with E-state index in [1.807, 2.05) is 36.4 Å². The number of ether oxygens (including phenoxy) is 2. The van der Waals surface area contributed by atoms with E-state index in [1.54, 1.807) is 19.1 Å². The van der Waals surface area contributed by atoms with Crippen molar-refractivity contribution in [3.05, 3.63) is 59.7 Å². The number of amides is 1. The Bertz CT molecular complexity index is 795. The molecule has 2 aromatic carbocycles. The minimum atomic E-state index is -0.208. The highest BCUT2D eigenvalue weighted by molar-refractivity contribution is 8.24. The minimum Gasteiger partial charge on any atom is -0.497 e. The first-order chi connectivity index (χ1) is 12.6. The molecule has 0 radical (unpaired) electrons. The molecule has 1 heterocycles. The van der Waals surface area contributed by atoms with Gasteiger partial charge >= 0.3 is 0 Å². The van der Waals surface area contributed by atoms with E-state index in [9.17, 15) is 4.79 Å². The van der Waals surface area contributed by atoms with Gasteiger partial charge < -0.3 is 9.47 Å². The van der Waals surface area contributed by atoms with Crippen molar-refractivity contribution in [2.45, 2.75) is 18.1 Å². The zero-order valence-corrected chi connectivity index (χ0v) is 16.4. The molecule has 1 atom stereocenters. The molecule has 0 saturated carbocycles. The summed E-state index contributed by atoms with van der Waals surface area (Å²) < 4.78 is 11.3. The number of carbonyl (C=O) groups excluding carboxylic acids is 1. The molecule has 136 valence electrons. The first-order valence-electron chi connectivity index (χ1n) is 8.39. The van der Waals surface area contributed by atoms with Gasteiger partial charge in [0.05, 0.1) is 19.5 Å². The molecule has 1 saturated heterocycles. The van der Waals surface area contributed by atoms with Gasteiger partial charge in [0, 0.05) is 12.6 Å². The fourth-order valence-electron chi connectivity index (χ4n) is 2.94. The molecule has 1 aliphatic rings. The van der Waals surface area contributed by atoms with Crippen LogP contribution in [0, 0.1) is 0 Å². The van der Waals surface area contributed by atoms with E-state index in [-0.39, 0.29) is 11.2 Å². The number of nitrogens with zero attached hydrogens (tertiary/aromatic N) is 1. The SMILES string of the molecule is COc1ccc(C[C@@H]2SC(=S)N(CCc3ccccc3)C2=O)c(OC)c1. The fraction of sp³-hybridized carbons (Fsp3) is 0.300. The number of methoxy groups -OCH3 is 2. The quantitative estimate of drug-likeness (QED) is 0.677. The largest absolute Gasteiger partial charge is 0.497 e. The number of benzene rings is 2. The highest BCUT2D eigenvalue weighted by atomic mass is 32.2. The molecule has 0 aromatic heterocycles. The maximum absolute atomic E-state index is 12.8. The molecule has 3 rings (SSSR count). The third-order valence-electron chi connectivity index (χ3n) is 4.37. The smallest absolute Gasteiger partial charge is 0.241 e. The van der Waals surface area contributed by atoms with Gasteiger partial charge in [0.1, 0.15) is 15.8 Å². The number of carbonyl (C=O) groups is 1. The lowest BCUT2D eigenvalue weighted by Gasteiger charge is -2.16. The molecule has 6 heteroatoms. The topological polar surface area (TPSA) is 38.8 Å². The van der Waals surface area contributed by atoms with Crippen molar-refractivity contribution < 1.29 is 14.3 Å². The van der Waals surface area contributed by atoms with Crippen LogP contribution in [0.3, 0.4) is 0 Å². The second kappa shape index (κ2) is 8.56. The molecule has 0 N–H and O–H groups in total. The van der Waals surface area contributed by atoms with Crippen LogP contribution in [-0.2, 0) is 17.6 Å². The van der Waals surface area contributed by atoms with E-state index in [1.165, 1.54) is 17.3 Å². The summed E-state index contributed by atoms with van der Waals surface area (Å²) >= 11 is 6.91. The Balaban J connectivity index is 1.67. The molecular formula is C20H21NO3S2. The lowest BCUT2D eigenvalue weighted by Crippen LogP contribution is -2.33. The van der Waals surface area contributed by atoms with Crippen LogP contribution in [-0.4, -0.2) is 41.1 Å². The van der Waals surface area contributed by atoms with Crippen molar-refractivity contribution in [2.75, 3.05) is 20.8 Å². The average molecular weight is 388 g/mol. The number of hydrogen-bond donors (Lipinski definition) is 0. The van der Waals surface area contributed by atoms with Gasteiger partial charge in [-0.3, -0.25) is 9.69 Å². The number of hydrogen-bond acceptors (Lipinski definition) is 5. The van der Waals surface area contributed by atoms with E-state index in [0.29, 0.717) is 17.3 Å². The van der Waals surface area contributed by atoms with Gasteiger partial charge in [0.25, 0.3) is 0 Å². The molecule has 1 aliphatic heterocycles. The number of thiocarbonyl (C=S) groups is 1. The van der Waals surface area contributed by atoms with Gasteiger partial charge in [-0.05, 0) is 30.0 Å². The zero-order chi connectivity index (χ0) is 18.5. The Morgan fingerprint density at radius 3 is 2.58 bits per heavy atom. The molecule has 26 heavy (non-hydrogen) atoms. The molecule has 1 amide bonds. The van der Waals surface area contributed by atoms with E-state index in [2.05, 4.69) is 12.1 Å². The highest BCUT2D eigenvalue weighted by Crippen LogP contribution is 2.33. The van der Waals surface area contributed by atoms with Crippen molar-refractivity contribution >= 4 is 34.2 Å². The standard InChI is InChI=1S/C20H21NO3S2/c1-23-16-9-8-15(17(13-16)24-2)12-18-19(22)21(20(25)26-18)11-10-14-6-4-3-5-7-14/h3-9,13,18H,10-12H2,1-2H3/t18-/m0/s1. The van der Waals surface area contributed by atoms with Crippen LogP contribution >= 0.6 is 24.0 Å². The van der Waals surface area contributed by atoms with Crippen LogP contribution in [0.25, 0.3) is 0 Å². The first kappa shape index (κ1) is 18.7. The van der Waals surface area contributed by atoms with E-state index >= 15 is 0 Å². The number of rotatable bonds is 7. The summed E-state index contributed by atoms with van der Waals surface area (Å²) in [6.45, 7) is 0.616. The summed E-state index contributed by atoms with van der Waals surface area (Å²) in [5, 5.41) is -0.208. The summed E-state index contributed by atoms with van der Waals surface area (Å²) in [5.41, 5.74) is 2.18. The van der Waals surface area contributed by atoms with Crippen LogP contribution in [0.5, 0.6) is 11.5 Å². The molecule has 1 fully saturated rings. The van der Waals surface area contributed by atoms with Gasteiger partial charge in [-0.2, -0.15) is 0 Å². The molecule has 0 bridgehead atoms. The third kappa shape index (κ3) is 4.19.